The fourth-order valence-electron chi connectivity index (χ4n) is 3.59. The standard InChI is InChI=1S/C25H27BrN2O3S/c1-17-8-11-23(12-9-17)32(30,31)28(22-7-5-6-21(26)15-22)16-25(29)27-20(4)24-13-10-18(2)14-19(24)3/h5-15,20H,16H2,1-4H3,(H,27,29). The van der Waals surface area contributed by atoms with E-state index in [9.17, 15) is 13.2 Å². The van der Waals surface area contributed by atoms with Gasteiger partial charge in [0.25, 0.3) is 10.0 Å². The van der Waals surface area contributed by atoms with Gasteiger partial charge < -0.3 is 5.32 Å². The summed E-state index contributed by atoms with van der Waals surface area (Å²) in [5.74, 6) is -0.381. The van der Waals surface area contributed by atoms with Crippen molar-refractivity contribution in [1.82, 2.24) is 5.32 Å². The van der Waals surface area contributed by atoms with E-state index in [4.69, 9.17) is 0 Å². The minimum absolute atomic E-state index is 0.137. The monoisotopic (exact) mass is 514 g/mol. The summed E-state index contributed by atoms with van der Waals surface area (Å²) in [5, 5.41) is 2.95. The molecule has 0 aliphatic carbocycles. The van der Waals surface area contributed by atoms with Gasteiger partial charge in [-0.25, -0.2) is 8.42 Å². The molecule has 1 amide bonds. The minimum Gasteiger partial charge on any atom is -0.348 e. The third-order valence-corrected chi connectivity index (χ3v) is 7.54. The van der Waals surface area contributed by atoms with Gasteiger partial charge in [-0.2, -0.15) is 0 Å². The van der Waals surface area contributed by atoms with Crippen molar-refractivity contribution in [3.05, 3.63) is 93.5 Å². The Morgan fingerprint density at radius 1 is 0.969 bits per heavy atom. The normalized spacial score (nSPS) is 12.3. The number of nitrogens with zero attached hydrogens (tertiary/aromatic N) is 1. The zero-order valence-corrected chi connectivity index (χ0v) is 21.0. The second-order valence-electron chi connectivity index (χ2n) is 7.95. The molecule has 0 bridgehead atoms. The van der Waals surface area contributed by atoms with Gasteiger partial charge in [-0.1, -0.05) is 63.5 Å². The summed E-state index contributed by atoms with van der Waals surface area (Å²) >= 11 is 3.39. The molecular formula is C25H27BrN2O3S. The van der Waals surface area contributed by atoms with E-state index in [2.05, 4.69) is 27.3 Å². The predicted molar refractivity (Wildman–Crippen MR) is 132 cm³/mol. The Kier molecular flexibility index (Phi) is 7.41. The number of rotatable bonds is 7. The summed E-state index contributed by atoms with van der Waals surface area (Å²) in [6.45, 7) is 7.48. The fourth-order valence-corrected chi connectivity index (χ4v) is 5.39. The Morgan fingerprint density at radius 3 is 2.25 bits per heavy atom. The Hall–Kier alpha value is -2.64. The van der Waals surface area contributed by atoms with E-state index < -0.39 is 10.0 Å². The number of benzene rings is 3. The number of nitrogens with one attached hydrogen (secondary N) is 1. The molecule has 3 rings (SSSR count). The topological polar surface area (TPSA) is 66.5 Å². The van der Waals surface area contributed by atoms with Crippen molar-refractivity contribution < 1.29 is 13.2 Å². The van der Waals surface area contributed by atoms with Gasteiger partial charge in [0, 0.05) is 4.47 Å². The highest BCUT2D eigenvalue weighted by Crippen LogP contribution is 2.27. The molecule has 0 saturated carbocycles. The molecule has 168 valence electrons. The highest BCUT2D eigenvalue weighted by atomic mass is 79.9. The lowest BCUT2D eigenvalue weighted by molar-refractivity contribution is -0.120. The molecule has 0 fully saturated rings. The Morgan fingerprint density at radius 2 is 1.62 bits per heavy atom. The molecule has 1 N–H and O–H groups in total. The number of carbonyl (C=O) groups is 1. The zero-order chi connectivity index (χ0) is 23.5. The van der Waals surface area contributed by atoms with Crippen LogP contribution in [0.25, 0.3) is 0 Å². The quantitative estimate of drug-likeness (QED) is 0.455. The van der Waals surface area contributed by atoms with E-state index in [0.29, 0.717) is 5.69 Å². The maximum absolute atomic E-state index is 13.5. The molecule has 7 heteroatoms. The van der Waals surface area contributed by atoms with Crippen LogP contribution in [0, 0.1) is 20.8 Å². The molecule has 1 unspecified atom stereocenters. The molecule has 0 radical (unpaired) electrons. The van der Waals surface area contributed by atoms with Crippen molar-refractivity contribution in [2.75, 3.05) is 10.8 Å². The molecule has 0 saturated heterocycles. The first kappa shape index (κ1) is 24.0. The molecule has 5 nitrogen and oxygen atoms in total. The number of halogens is 1. The molecular weight excluding hydrogens is 488 g/mol. The smallest absolute Gasteiger partial charge is 0.264 e. The van der Waals surface area contributed by atoms with Crippen LogP contribution in [-0.2, 0) is 14.8 Å². The molecule has 1 atom stereocenters. The van der Waals surface area contributed by atoms with Crippen LogP contribution in [0.5, 0.6) is 0 Å². The van der Waals surface area contributed by atoms with Crippen LogP contribution in [0.2, 0.25) is 0 Å². The molecule has 0 aromatic heterocycles. The van der Waals surface area contributed by atoms with Crippen LogP contribution in [0.3, 0.4) is 0 Å². The van der Waals surface area contributed by atoms with E-state index in [1.165, 1.54) is 0 Å². The third-order valence-electron chi connectivity index (χ3n) is 5.26. The summed E-state index contributed by atoms with van der Waals surface area (Å²) < 4.78 is 28.8. The molecule has 3 aromatic rings. The molecule has 0 heterocycles. The van der Waals surface area contributed by atoms with Gasteiger partial charge in [0.2, 0.25) is 5.91 Å². The Labute approximate surface area is 198 Å². The fraction of sp³-hybridized carbons (Fsp3) is 0.240. The van der Waals surface area contributed by atoms with Crippen LogP contribution in [0.4, 0.5) is 5.69 Å². The van der Waals surface area contributed by atoms with Gasteiger partial charge in [-0.3, -0.25) is 9.10 Å². The zero-order valence-electron chi connectivity index (χ0n) is 18.6. The van der Waals surface area contributed by atoms with Crippen molar-refractivity contribution in [3.63, 3.8) is 0 Å². The number of amides is 1. The van der Waals surface area contributed by atoms with Gasteiger partial charge in [-0.15, -0.1) is 0 Å². The number of aryl methyl sites for hydroxylation is 3. The first-order chi connectivity index (χ1) is 15.1. The average molecular weight is 515 g/mol. The largest absolute Gasteiger partial charge is 0.348 e. The number of sulfonamides is 1. The van der Waals surface area contributed by atoms with Gasteiger partial charge in [0.1, 0.15) is 6.54 Å². The number of anilines is 1. The second kappa shape index (κ2) is 9.88. The van der Waals surface area contributed by atoms with Crippen molar-refractivity contribution in [1.29, 1.82) is 0 Å². The van der Waals surface area contributed by atoms with Crippen molar-refractivity contribution in [3.8, 4) is 0 Å². The summed E-state index contributed by atoms with van der Waals surface area (Å²) in [6.07, 6.45) is 0. The minimum atomic E-state index is -3.95. The molecule has 0 aliphatic heterocycles. The highest BCUT2D eigenvalue weighted by molar-refractivity contribution is 9.10. The first-order valence-corrected chi connectivity index (χ1v) is 12.5. The third kappa shape index (κ3) is 5.58. The van der Waals surface area contributed by atoms with E-state index in [1.54, 1.807) is 42.5 Å². The summed E-state index contributed by atoms with van der Waals surface area (Å²) in [7, 11) is -3.95. The summed E-state index contributed by atoms with van der Waals surface area (Å²) in [6, 6.07) is 19.3. The maximum Gasteiger partial charge on any atom is 0.264 e. The van der Waals surface area contributed by atoms with E-state index >= 15 is 0 Å². The first-order valence-electron chi connectivity index (χ1n) is 10.3. The lowest BCUT2D eigenvalue weighted by atomic mass is 10.0. The van der Waals surface area contributed by atoms with E-state index in [1.807, 2.05) is 45.9 Å². The lowest BCUT2D eigenvalue weighted by Gasteiger charge is -2.25. The predicted octanol–water partition coefficient (Wildman–Crippen LogP) is 5.45. The lowest BCUT2D eigenvalue weighted by Crippen LogP contribution is -2.41. The number of hydrogen-bond donors (Lipinski definition) is 1. The Bertz CT molecular complexity index is 1220. The van der Waals surface area contributed by atoms with Crippen LogP contribution < -0.4 is 9.62 Å². The van der Waals surface area contributed by atoms with Crippen LogP contribution >= 0.6 is 15.9 Å². The second-order valence-corrected chi connectivity index (χ2v) is 10.7. The summed E-state index contributed by atoms with van der Waals surface area (Å²) in [5.41, 5.74) is 4.59. The molecule has 0 spiro atoms. The molecule has 0 aliphatic rings. The summed E-state index contributed by atoms with van der Waals surface area (Å²) in [4.78, 5) is 13.1. The average Bonchev–Trinajstić information content (AvgIpc) is 2.72. The van der Waals surface area contributed by atoms with Gasteiger partial charge in [0.15, 0.2) is 0 Å². The maximum atomic E-state index is 13.5. The van der Waals surface area contributed by atoms with Crippen molar-refractivity contribution in [2.45, 2.75) is 38.6 Å². The van der Waals surface area contributed by atoms with E-state index in [-0.39, 0.29) is 23.4 Å². The van der Waals surface area contributed by atoms with Gasteiger partial charge in [0.05, 0.1) is 16.6 Å². The highest BCUT2D eigenvalue weighted by Gasteiger charge is 2.28. The SMILES string of the molecule is Cc1ccc(S(=O)(=O)N(CC(=O)NC(C)c2ccc(C)cc2C)c2cccc(Br)c2)cc1. The van der Waals surface area contributed by atoms with E-state index in [0.717, 1.165) is 31.0 Å². The molecule has 3 aromatic carbocycles. The van der Waals surface area contributed by atoms with Crippen molar-refractivity contribution >= 4 is 37.5 Å². The van der Waals surface area contributed by atoms with Crippen molar-refractivity contribution in [2.24, 2.45) is 0 Å². The van der Waals surface area contributed by atoms with Crippen LogP contribution in [0.1, 0.15) is 35.2 Å². The number of carbonyl (C=O) groups excluding carboxylic acids is 1. The van der Waals surface area contributed by atoms with Gasteiger partial charge in [-0.05, 0) is 69.2 Å². The van der Waals surface area contributed by atoms with Crippen LogP contribution in [-0.4, -0.2) is 20.9 Å². The van der Waals surface area contributed by atoms with Crippen LogP contribution in [0.15, 0.2) is 76.1 Å². The number of hydrogen-bond acceptors (Lipinski definition) is 3. The van der Waals surface area contributed by atoms with Gasteiger partial charge >= 0.3 is 0 Å². The molecule has 32 heavy (non-hydrogen) atoms. The Balaban J connectivity index is 1.90.